The van der Waals surface area contributed by atoms with Crippen LogP contribution in [0.25, 0.3) is 111 Å². The maximum atomic E-state index is 12.2. The number of benzene rings is 9. The zero-order valence-electron chi connectivity index (χ0n) is 49.2. The first-order chi connectivity index (χ1) is 38.6. The van der Waals surface area contributed by atoms with Crippen LogP contribution in [0.2, 0.25) is 0 Å². The third-order valence-corrected chi connectivity index (χ3v) is 16.2. The summed E-state index contributed by atoms with van der Waals surface area (Å²) in [5.41, 5.74) is 21.2. The van der Waals surface area contributed by atoms with Gasteiger partial charge in [-0.1, -0.05) is 233 Å². The molecule has 0 fully saturated rings. The van der Waals surface area contributed by atoms with Crippen LogP contribution in [0, 0.1) is 6.07 Å². The average Bonchev–Trinajstić information content (AvgIpc) is 3.52. The summed E-state index contributed by atoms with van der Waals surface area (Å²) in [5, 5.41) is 14.6. The van der Waals surface area contributed by atoms with Gasteiger partial charge in [-0.05, 0) is 121 Å². The number of phenolic OH excluding ortho intramolecular Hbond substituents is 1. The predicted molar refractivity (Wildman–Crippen MR) is 341 cm³/mol. The normalized spacial score (nSPS) is 12.3. The van der Waals surface area contributed by atoms with Gasteiger partial charge in [0.2, 0.25) is 0 Å². The Kier molecular flexibility index (Phi) is 14.3. The van der Waals surface area contributed by atoms with E-state index >= 15 is 0 Å². The van der Waals surface area contributed by atoms with Crippen LogP contribution in [0.4, 0.5) is 0 Å². The molecule has 0 saturated carbocycles. The Labute approximate surface area is 498 Å². The molecule has 6 heteroatoms. The average molecular weight is 1250 g/mol. The largest absolute Gasteiger partial charge is 0.507 e. The molecule has 0 atom stereocenters. The van der Waals surface area contributed by atoms with Gasteiger partial charge in [-0.3, -0.25) is 9.55 Å². The third kappa shape index (κ3) is 10.5. The third-order valence-electron chi connectivity index (χ3n) is 16.2. The van der Waals surface area contributed by atoms with E-state index in [9.17, 15) is 5.11 Å². The standard InChI is InChI=1S/C76H71N4O.Pt/c1-73(2,3)55-29-25-48(26-30-55)51-41-53(43-54(42-51)66-45-50(39-40-77-66)61-22-18-23-63-62-21-16-17-24-67(62)79(71(61)63)59-19-14-13-15-20-59)65-44-52(49-27-31-56(32-28-49)74(4,5)6)46-68-70(65)78-72(64-38-35-58(47-69(64)81)76(10,11)12)80(68)60-36-33-57(34-37-60)75(7,8)9;/h13-42,44-47,81H,1-12H3;/q-1;. The van der Waals surface area contributed by atoms with Crippen molar-refractivity contribution in [3.05, 3.63) is 235 Å². The molecule has 412 valence electrons. The van der Waals surface area contributed by atoms with Gasteiger partial charge in [-0.25, -0.2) is 4.98 Å². The van der Waals surface area contributed by atoms with Gasteiger partial charge < -0.3 is 9.67 Å². The Bertz CT molecular complexity index is 4350. The molecule has 0 bridgehead atoms. The van der Waals surface area contributed by atoms with Gasteiger partial charge in [0.15, 0.2) is 0 Å². The minimum Gasteiger partial charge on any atom is -0.507 e. The summed E-state index contributed by atoms with van der Waals surface area (Å²) in [6.45, 7) is 26.8. The van der Waals surface area contributed by atoms with E-state index in [4.69, 9.17) is 9.97 Å². The summed E-state index contributed by atoms with van der Waals surface area (Å²) >= 11 is 0. The molecular weight excluding hydrogens is 1180 g/mol. The van der Waals surface area contributed by atoms with E-state index in [-0.39, 0.29) is 48.5 Å². The first-order valence-electron chi connectivity index (χ1n) is 28.4. The van der Waals surface area contributed by atoms with Crippen LogP contribution in [0.1, 0.15) is 105 Å². The summed E-state index contributed by atoms with van der Waals surface area (Å²) in [6.07, 6.45) is 1.94. The van der Waals surface area contributed by atoms with Crippen molar-refractivity contribution in [2.24, 2.45) is 0 Å². The SMILES string of the molecule is CC(C)(C)c1ccc(-c2cc(-c3cc(-c4cccc5c6ccccc6n(-c6ccccc6)c45)ccn3)[c-]c(-c3cc(-c4ccc(C(C)(C)C)cc4)cc4c3nc(-c3ccc(C(C)(C)C)cc3O)n4-c3ccc(C(C)(C)C)cc3)c2)cc1.[Pt]. The number of hydrogen-bond acceptors (Lipinski definition) is 3. The van der Waals surface area contributed by atoms with Crippen LogP contribution in [0.5, 0.6) is 5.75 Å². The van der Waals surface area contributed by atoms with Crippen molar-refractivity contribution < 1.29 is 26.2 Å². The van der Waals surface area contributed by atoms with Crippen LogP contribution < -0.4 is 0 Å². The quantitative estimate of drug-likeness (QED) is 0.154. The molecule has 9 aromatic carbocycles. The number of aromatic hydroxyl groups is 1. The van der Waals surface area contributed by atoms with E-state index in [0.29, 0.717) is 11.4 Å². The van der Waals surface area contributed by atoms with Crippen LogP contribution in [0.15, 0.2) is 206 Å². The first kappa shape index (κ1) is 55.8. The molecule has 12 aromatic rings. The molecule has 0 aliphatic heterocycles. The van der Waals surface area contributed by atoms with E-state index in [1.165, 1.54) is 27.5 Å². The second-order valence-electron chi connectivity index (χ2n) is 26.1. The molecule has 0 spiro atoms. The number of fused-ring (bicyclic) bond motifs is 4. The van der Waals surface area contributed by atoms with Crippen LogP contribution in [-0.4, -0.2) is 24.2 Å². The summed E-state index contributed by atoms with van der Waals surface area (Å²) in [5.74, 6) is 0.837. The van der Waals surface area contributed by atoms with Gasteiger partial charge in [-0.2, -0.15) is 0 Å². The molecule has 0 aliphatic rings. The van der Waals surface area contributed by atoms with Gasteiger partial charge >= 0.3 is 0 Å². The molecule has 82 heavy (non-hydrogen) atoms. The number of phenols is 1. The van der Waals surface area contributed by atoms with Crippen molar-refractivity contribution in [2.75, 3.05) is 0 Å². The summed E-state index contributed by atoms with van der Waals surface area (Å²) in [6, 6.07) is 76.3. The fourth-order valence-electron chi connectivity index (χ4n) is 11.5. The maximum Gasteiger partial charge on any atom is 0.148 e. The predicted octanol–water partition coefficient (Wildman–Crippen LogP) is 20.2. The van der Waals surface area contributed by atoms with Gasteiger partial charge in [-0.15, -0.1) is 23.8 Å². The Morgan fingerprint density at radius 1 is 0.390 bits per heavy atom. The Balaban J connectivity index is 0.00000705. The Morgan fingerprint density at radius 3 is 1.54 bits per heavy atom. The number of aromatic nitrogens is 4. The Hall–Kier alpha value is -8.11. The van der Waals surface area contributed by atoms with Gasteiger partial charge in [0, 0.05) is 60.7 Å². The van der Waals surface area contributed by atoms with E-state index in [2.05, 4.69) is 286 Å². The van der Waals surface area contributed by atoms with Crippen molar-refractivity contribution in [1.29, 1.82) is 0 Å². The molecule has 0 aliphatic carbocycles. The van der Waals surface area contributed by atoms with E-state index < -0.39 is 0 Å². The molecule has 0 amide bonds. The first-order valence-corrected chi connectivity index (χ1v) is 28.4. The number of para-hydroxylation sites is 3. The fraction of sp³-hybridized carbons (Fsp3) is 0.211. The van der Waals surface area contributed by atoms with E-state index in [1.807, 2.05) is 18.3 Å². The zero-order chi connectivity index (χ0) is 56.8. The summed E-state index contributed by atoms with van der Waals surface area (Å²) < 4.78 is 4.63. The number of imidazole rings is 1. The molecule has 0 radical (unpaired) electrons. The fourth-order valence-corrected chi connectivity index (χ4v) is 11.5. The zero-order valence-corrected chi connectivity index (χ0v) is 51.5. The minimum atomic E-state index is -0.168. The number of hydrogen-bond donors (Lipinski definition) is 1. The molecule has 0 saturated heterocycles. The number of rotatable bonds is 8. The maximum absolute atomic E-state index is 12.2. The van der Waals surface area contributed by atoms with Crippen molar-refractivity contribution in [3.63, 3.8) is 0 Å². The van der Waals surface area contributed by atoms with Gasteiger partial charge in [0.05, 0.1) is 27.6 Å². The summed E-state index contributed by atoms with van der Waals surface area (Å²) in [4.78, 5) is 10.9. The number of nitrogens with zero attached hydrogens (tertiary/aromatic N) is 4. The van der Waals surface area contributed by atoms with Crippen molar-refractivity contribution >= 4 is 32.8 Å². The minimum absolute atomic E-state index is 0. The molecule has 3 heterocycles. The smallest absolute Gasteiger partial charge is 0.148 e. The van der Waals surface area contributed by atoms with Crippen LogP contribution in [0.3, 0.4) is 0 Å². The van der Waals surface area contributed by atoms with E-state index in [0.717, 1.165) is 94.8 Å². The molecule has 3 aromatic heterocycles. The van der Waals surface area contributed by atoms with Crippen LogP contribution >= 0.6 is 0 Å². The monoisotopic (exact) mass is 1250 g/mol. The Morgan fingerprint density at radius 2 is 0.927 bits per heavy atom. The molecule has 12 rings (SSSR count). The molecular formula is C76H71N4OPt-. The molecule has 0 unspecified atom stereocenters. The second-order valence-corrected chi connectivity index (χ2v) is 26.1. The van der Waals surface area contributed by atoms with Gasteiger partial charge in [0.25, 0.3) is 0 Å². The van der Waals surface area contributed by atoms with E-state index in [1.54, 1.807) is 0 Å². The molecule has 5 nitrogen and oxygen atoms in total. The van der Waals surface area contributed by atoms with Crippen molar-refractivity contribution in [1.82, 2.24) is 19.1 Å². The van der Waals surface area contributed by atoms with Crippen molar-refractivity contribution in [2.45, 2.75) is 105 Å². The summed E-state index contributed by atoms with van der Waals surface area (Å²) in [7, 11) is 0. The van der Waals surface area contributed by atoms with Crippen LogP contribution in [-0.2, 0) is 42.7 Å². The molecule has 1 N–H and O–H groups in total. The topological polar surface area (TPSA) is 55.9 Å². The van der Waals surface area contributed by atoms with Gasteiger partial charge in [0.1, 0.15) is 11.6 Å². The number of pyridine rings is 1. The van der Waals surface area contributed by atoms with Crippen molar-refractivity contribution in [3.8, 4) is 84.3 Å². The second kappa shape index (κ2) is 21.0.